The van der Waals surface area contributed by atoms with Crippen molar-refractivity contribution in [3.63, 3.8) is 0 Å². The van der Waals surface area contributed by atoms with Crippen molar-refractivity contribution in [1.82, 2.24) is 9.97 Å². The summed E-state index contributed by atoms with van der Waals surface area (Å²) in [5, 5.41) is 4.44. The molecule has 0 atom stereocenters. The summed E-state index contributed by atoms with van der Waals surface area (Å²) >= 11 is 0. The Balaban J connectivity index is 1.77. The van der Waals surface area contributed by atoms with E-state index in [9.17, 15) is 22.4 Å². The van der Waals surface area contributed by atoms with Crippen LogP contribution >= 0.6 is 0 Å². The minimum absolute atomic E-state index is 0.107. The largest absolute Gasteiger partial charge is 0.416 e. The second-order valence-electron chi connectivity index (χ2n) is 7.64. The van der Waals surface area contributed by atoms with Gasteiger partial charge in [-0.15, -0.1) is 0 Å². The van der Waals surface area contributed by atoms with Crippen molar-refractivity contribution in [2.45, 2.75) is 32.9 Å². The molecule has 0 bridgehead atoms. The molecule has 11 heteroatoms. The summed E-state index contributed by atoms with van der Waals surface area (Å²) in [6.45, 7) is 4.48. The number of rotatable bonds is 7. The lowest BCUT2D eigenvalue weighted by atomic mass is 10.00. The highest BCUT2D eigenvalue weighted by Crippen LogP contribution is 2.32. The first-order valence-electron chi connectivity index (χ1n) is 10.8. The molecule has 1 aromatic carbocycles. The summed E-state index contributed by atoms with van der Waals surface area (Å²) in [6.07, 6.45) is 0.354. The van der Waals surface area contributed by atoms with E-state index >= 15 is 0 Å². The van der Waals surface area contributed by atoms with Crippen LogP contribution in [0.25, 0.3) is 11.1 Å². The number of nitrogens with zero attached hydrogens (tertiary/aromatic N) is 3. The number of urea groups is 1. The summed E-state index contributed by atoms with van der Waals surface area (Å²) in [4.78, 5) is 25.1. The highest BCUT2D eigenvalue weighted by Gasteiger charge is 2.31. The van der Waals surface area contributed by atoms with Crippen molar-refractivity contribution in [1.29, 1.82) is 0 Å². The van der Waals surface area contributed by atoms with Gasteiger partial charge in [-0.05, 0) is 55.3 Å². The topological polar surface area (TPSA) is 105 Å². The van der Waals surface area contributed by atoms with E-state index in [1.165, 1.54) is 12.3 Å². The first kappa shape index (κ1) is 25.6. The van der Waals surface area contributed by atoms with Crippen LogP contribution in [0.4, 0.5) is 33.9 Å². The van der Waals surface area contributed by atoms with Gasteiger partial charge in [0.2, 0.25) is 0 Å². The molecule has 184 valence electrons. The maximum absolute atomic E-state index is 13.9. The molecule has 7 nitrogen and oxygen atoms in total. The van der Waals surface area contributed by atoms with Crippen LogP contribution in [0.3, 0.4) is 0 Å². The number of hydrogen-bond acceptors (Lipinski definition) is 4. The molecule has 2 heterocycles. The lowest BCUT2D eigenvalue weighted by molar-refractivity contribution is -0.137. The van der Waals surface area contributed by atoms with Crippen LogP contribution < -0.4 is 16.4 Å². The molecule has 0 spiro atoms. The van der Waals surface area contributed by atoms with E-state index in [4.69, 9.17) is 5.73 Å². The third-order valence-corrected chi connectivity index (χ3v) is 5.05. The Morgan fingerprint density at radius 1 is 1.11 bits per heavy atom. The molecule has 3 aromatic rings. The number of pyridine rings is 2. The van der Waals surface area contributed by atoms with Gasteiger partial charge < -0.3 is 11.1 Å². The van der Waals surface area contributed by atoms with Crippen LogP contribution in [0.2, 0.25) is 0 Å². The second kappa shape index (κ2) is 10.9. The summed E-state index contributed by atoms with van der Waals surface area (Å²) in [7, 11) is 0. The molecule has 0 radical (unpaired) electrons. The van der Waals surface area contributed by atoms with Gasteiger partial charge in [0.25, 0.3) is 0 Å². The molecule has 2 aromatic heterocycles. The Hall–Kier alpha value is -4.02. The molecule has 2 amide bonds. The van der Waals surface area contributed by atoms with Gasteiger partial charge in [-0.25, -0.2) is 14.2 Å². The van der Waals surface area contributed by atoms with Gasteiger partial charge in [-0.3, -0.25) is 15.3 Å². The van der Waals surface area contributed by atoms with E-state index < -0.39 is 29.3 Å². The fraction of sp³-hybridized carbons (Fsp3) is 0.250. The number of halogens is 4. The standard InChI is InChI=1S/C24H24F4N6O/c1-3-4-10-31-22(29)21-14(2)30-11-9-17(21)15-5-8-20(32-13-15)34-23(35)33-19-12-16(24(26,27)28)6-7-18(19)25/h5-9,11-13H,3-4,10H2,1-2H3,(H2,29,31)(H2,32,33,34,35). The molecule has 0 saturated heterocycles. The highest BCUT2D eigenvalue weighted by atomic mass is 19.4. The van der Waals surface area contributed by atoms with Gasteiger partial charge in [-0.2, -0.15) is 13.2 Å². The lowest BCUT2D eigenvalue weighted by Gasteiger charge is -2.13. The van der Waals surface area contributed by atoms with Crippen LogP contribution in [0, 0.1) is 12.7 Å². The van der Waals surface area contributed by atoms with E-state index in [-0.39, 0.29) is 5.82 Å². The number of unbranched alkanes of at least 4 members (excludes halogenated alkanes) is 1. The molecule has 0 unspecified atom stereocenters. The normalized spacial score (nSPS) is 11.9. The fourth-order valence-electron chi connectivity index (χ4n) is 3.26. The summed E-state index contributed by atoms with van der Waals surface area (Å²) in [6, 6.07) is 5.76. The number of aryl methyl sites for hydroxylation is 1. The predicted octanol–water partition coefficient (Wildman–Crippen LogP) is 5.76. The lowest BCUT2D eigenvalue weighted by Crippen LogP contribution is -2.21. The average molecular weight is 488 g/mol. The van der Waals surface area contributed by atoms with Crippen molar-refractivity contribution < 1.29 is 22.4 Å². The van der Waals surface area contributed by atoms with Crippen molar-refractivity contribution in [2.75, 3.05) is 17.2 Å². The van der Waals surface area contributed by atoms with Crippen LogP contribution in [-0.4, -0.2) is 28.4 Å². The highest BCUT2D eigenvalue weighted by molar-refractivity contribution is 6.04. The molecule has 0 saturated carbocycles. The monoisotopic (exact) mass is 488 g/mol. The molecule has 35 heavy (non-hydrogen) atoms. The Morgan fingerprint density at radius 2 is 1.89 bits per heavy atom. The molecule has 3 rings (SSSR count). The summed E-state index contributed by atoms with van der Waals surface area (Å²) < 4.78 is 52.5. The smallest absolute Gasteiger partial charge is 0.383 e. The zero-order valence-corrected chi connectivity index (χ0v) is 19.1. The van der Waals surface area contributed by atoms with E-state index in [1.807, 2.05) is 6.92 Å². The molecule has 0 aliphatic carbocycles. The Bertz CT molecular complexity index is 1230. The van der Waals surface area contributed by atoms with Crippen molar-refractivity contribution >= 4 is 23.4 Å². The molecular weight excluding hydrogens is 464 g/mol. The van der Waals surface area contributed by atoms with Crippen LogP contribution in [0.1, 0.15) is 36.6 Å². The summed E-state index contributed by atoms with van der Waals surface area (Å²) in [5.41, 5.74) is 7.35. The maximum atomic E-state index is 13.9. The first-order valence-corrected chi connectivity index (χ1v) is 10.8. The van der Waals surface area contributed by atoms with Crippen LogP contribution in [-0.2, 0) is 6.18 Å². The molecular formula is C24H24F4N6O. The average Bonchev–Trinajstić information content (AvgIpc) is 2.80. The molecule has 0 aliphatic rings. The third kappa shape index (κ3) is 6.52. The van der Waals surface area contributed by atoms with Gasteiger partial charge in [0.15, 0.2) is 0 Å². The molecule has 0 aliphatic heterocycles. The van der Waals surface area contributed by atoms with Gasteiger partial charge in [0.1, 0.15) is 17.5 Å². The minimum Gasteiger partial charge on any atom is -0.383 e. The first-order chi connectivity index (χ1) is 16.6. The zero-order chi connectivity index (χ0) is 25.6. The number of hydrogen-bond donors (Lipinski definition) is 3. The van der Waals surface area contributed by atoms with Gasteiger partial charge in [0.05, 0.1) is 11.3 Å². The van der Waals surface area contributed by atoms with E-state index in [0.717, 1.165) is 18.4 Å². The Labute approximate surface area is 199 Å². The number of aliphatic imine (C=N–C) groups is 1. The van der Waals surface area contributed by atoms with Crippen LogP contribution in [0.15, 0.2) is 53.8 Å². The molecule has 4 N–H and O–H groups in total. The number of carbonyl (C=O) groups excluding carboxylic acids is 1. The van der Waals surface area contributed by atoms with Gasteiger partial charge in [0, 0.05) is 35.8 Å². The second-order valence-corrected chi connectivity index (χ2v) is 7.64. The number of nitrogens with one attached hydrogen (secondary N) is 2. The quantitative estimate of drug-likeness (QED) is 0.170. The zero-order valence-electron chi connectivity index (χ0n) is 19.1. The number of aromatic nitrogens is 2. The van der Waals surface area contributed by atoms with Crippen molar-refractivity contribution in [3.8, 4) is 11.1 Å². The van der Waals surface area contributed by atoms with E-state index in [1.54, 1.807) is 18.3 Å². The number of anilines is 2. The Morgan fingerprint density at radius 3 is 2.54 bits per heavy atom. The Kier molecular flexibility index (Phi) is 8.00. The van der Waals surface area contributed by atoms with E-state index in [0.29, 0.717) is 47.4 Å². The number of amidine groups is 1. The van der Waals surface area contributed by atoms with Crippen molar-refractivity contribution in [2.24, 2.45) is 10.7 Å². The van der Waals surface area contributed by atoms with Crippen molar-refractivity contribution in [3.05, 3.63) is 71.4 Å². The van der Waals surface area contributed by atoms with E-state index in [2.05, 4.69) is 32.5 Å². The number of benzene rings is 1. The summed E-state index contributed by atoms with van der Waals surface area (Å²) in [5.74, 6) is -0.533. The number of nitrogens with two attached hydrogens (primary N) is 1. The third-order valence-electron chi connectivity index (χ3n) is 5.05. The van der Waals surface area contributed by atoms with Gasteiger partial charge >= 0.3 is 12.2 Å². The fourth-order valence-corrected chi connectivity index (χ4v) is 3.26. The number of carbonyl (C=O) groups is 1. The number of alkyl halides is 3. The minimum atomic E-state index is -4.67. The van der Waals surface area contributed by atoms with Crippen LogP contribution in [0.5, 0.6) is 0 Å². The maximum Gasteiger partial charge on any atom is 0.416 e. The van der Waals surface area contributed by atoms with Gasteiger partial charge in [-0.1, -0.05) is 13.3 Å². The molecule has 0 fully saturated rings. The predicted molar refractivity (Wildman–Crippen MR) is 127 cm³/mol. The number of amides is 2. The SMILES string of the molecule is CCCCN=C(N)c1c(-c2ccc(NC(=O)Nc3cc(C(F)(F)F)ccc3F)nc2)ccnc1C.